The number of unbranched alkanes of at least 4 members (excludes halogenated alkanes) is 3. The lowest BCUT2D eigenvalue weighted by molar-refractivity contribution is -0.114. The molecular formula is C9H17NO4S. The molecule has 0 aromatic heterocycles. The van der Waals surface area contributed by atoms with Crippen molar-refractivity contribution >= 4 is 16.0 Å². The summed E-state index contributed by atoms with van der Waals surface area (Å²) in [4.78, 5) is 9.85. The molecule has 2 N–H and O–H groups in total. The highest BCUT2D eigenvalue weighted by molar-refractivity contribution is 7.91. The molecule has 0 aliphatic heterocycles. The lowest BCUT2D eigenvalue weighted by Crippen LogP contribution is -2.22. The van der Waals surface area contributed by atoms with Crippen LogP contribution in [0, 0.1) is 0 Å². The van der Waals surface area contributed by atoms with Crippen molar-refractivity contribution in [2.75, 3.05) is 6.61 Å². The first kappa shape index (κ1) is 14.1. The van der Waals surface area contributed by atoms with E-state index >= 15 is 0 Å². The normalized spacial score (nSPS) is 11.3. The largest absolute Gasteiger partial charge is 0.365 e. The van der Waals surface area contributed by atoms with E-state index in [0.29, 0.717) is 6.42 Å². The molecule has 0 spiro atoms. The van der Waals surface area contributed by atoms with Crippen LogP contribution in [0.4, 0.5) is 0 Å². The first-order valence-electron chi connectivity index (χ1n) is 4.80. The zero-order chi connectivity index (χ0) is 11.9. The number of carbonyl (C=O) groups is 1. The van der Waals surface area contributed by atoms with E-state index in [2.05, 4.69) is 10.8 Å². The highest BCUT2D eigenvalue weighted by Crippen LogP contribution is 2.08. The summed E-state index contributed by atoms with van der Waals surface area (Å²) in [6.45, 7) is 5.17. The number of primary amides is 1. The minimum absolute atomic E-state index is 0.0641. The fourth-order valence-electron chi connectivity index (χ4n) is 0.892. The Kier molecular flexibility index (Phi) is 6.19. The van der Waals surface area contributed by atoms with Gasteiger partial charge in [-0.05, 0) is 6.42 Å². The summed E-state index contributed by atoms with van der Waals surface area (Å²) in [5.74, 6) is -1.08. The Bertz CT molecular complexity index is 321. The van der Waals surface area contributed by atoms with Crippen LogP contribution in [-0.2, 0) is 19.1 Å². The van der Waals surface area contributed by atoms with Crippen LogP contribution >= 0.6 is 0 Å². The maximum atomic E-state index is 11.2. The lowest BCUT2D eigenvalue weighted by atomic mass is 10.2. The third-order valence-corrected chi connectivity index (χ3v) is 3.09. The fraction of sp³-hybridized carbons (Fsp3) is 0.667. The molecule has 0 aliphatic rings. The monoisotopic (exact) mass is 235 g/mol. The molecule has 1 amide bonds. The minimum Gasteiger partial charge on any atom is -0.365 e. The molecule has 0 heterocycles. The molecule has 0 rings (SSSR count). The first-order valence-corrected chi connectivity index (χ1v) is 6.20. The Morgan fingerprint density at radius 2 is 1.93 bits per heavy atom. The second kappa shape index (κ2) is 6.58. The molecule has 6 heteroatoms. The van der Waals surface area contributed by atoms with Gasteiger partial charge in [-0.1, -0.05) is 32.8 Å². The molecule has 0 radical (unpaired) electrons. The quantitative estimate of drug-likeness (QED) is 0.385. The van der Waals surface area contributed by atoms with Crippen LogP contribution in [0.2, 0.25) is 0 Å². The van der Waals surface area contributed by atoms with E-state index in [1.165, 1.54) is 0 Å². The fourth-order valence-corrected chi connectivity index (χ4v) is 1.62. The second-order valence-corrected chi connectivity index (χ2v) is 4.76. The summed E-state index contributed by atoms with van der Waals surface area (Å²) < 4.78 is 26.9. The molecule has 0 saturated carbocycles. The van der Waals surface area contributed by atoms with Crippen LogP contribution in [0.3, 0.4) is 0 Å². The van der Waals surface area contributed by atoms with Gasteiger partial charge in [-0.25, -0.2) is 0 Å². The third kappa shape index (κ3) is 5.54. The van der Waals surface area contributed by atoms with Crippen LogP contribution in [-0.4, -0.2) is 20.9 Å². The molecule has 5 nitrogen and oxygen atoms in total. The van der Waals surface area contributed by atoms with Crippen LogP contribution in [0.5, 0.6) is 0 Å². The van der Waals surface area contributed by atoms with E-state index in [-0.39, 0.29) is 6.61 Å². The smallest absolute Gasteiger partial charge is 0.301 e. The number of hydrogen-bond donors (Lipinski definition) is 1. The standard InChI is InChI=1S/C9H17NO4S/c1-3-4-5-6-7-14-15(12,13)8(2)9(10)11/h2-7H2,1H3,(H2,10,11). The van der Waals surface area contributed by atoms with Crippen molar-refractivity contribution in [3.63, 3.8) is 0 Å². The summed E-state index contributed by atoms with van der Waals surface area (Å²) in [5.41, 5.74) is 4.78. The summed E-state index contributed by atoms with van der Waals surface area (Å²) in [7, 11) is -4.02. The molecule has 0 bridgehead atoms. The zero-order valence-corrected chi connectivity index (χ0v) is 9.68. The summed E-state index contributed by atoms with van der Waals surface area (Å²) >= 11 is 0. The Labute approximate surface area is 90.4 Å². The van der Waals surface area contributed by atoms with Crippen LogP contribution < -0.4 is 5.73 Å². The summed E-state index contributed by atoms with van der Waals surface area (Å²) in [6, 6.07) is 0. The van der Waals surface area contributed by atoms with Crippen molar-refractivity contribution in [3.05, 3.63) is 11.5 Å². The summed E-state index contributed by atoms with van der Waals surface area (Å²) in [5, 5.41) is 0. The maximum absolute atomic E-state index is 11.2. The van der Waals surface area contributed by atoms with Crippen LogP contribution in [0.15, 0.2) is 11.5 Å². The van der Waals surface area contributed by atoms with Gasteiger partial charge < -0.3 is 5.73 Å². The number of carbonyl (C=O) groups excluding carboxylic acids is 1. The van der Waals surface area contributed by atoms with E-state index in [9.17, 15) is 13.2 Å². The number of amides is 1. The topological polar surface area (TPSA) is 86.5 Å². The Morgan fingerprint density at radius 3 is 2.40 bits per heavy atom. The highest BCUT2D eigenvalue weighted by Gasteiger charge is 2.20. The highest BCUT2D eigenvalue weighted by atomic mass is 32.2. The maximum Gasteiger partial charge on any atom is 0.301 e. The molecule has 0 atom stereocenters. The predicted octanol–water partition coefficient (Wildman–Crippen LogP) is 0.912. The predicted molar refractivity (Wildman–Crippen MR) is 57.3 cm³/mol. The first-order chi connectivity index (χ1) is 6.91. The molecule has 88 valence electrons. The van der Waals surface area contributed by atoms with Crippen molar-refractivity contribution in [1.82, 2.24) is 0 Å². The second-order valence-electron chi connectivity index (χ2n) is 3.12. The van der Waals surface area contributed by atoms with Gasteiger partial charge >= 0.3 is 10.1 Å². The van der Waals surface area contributed by atoms with E-state index < -0.39 is 20.9 Å². The molecule has 0 aromatic rings. The third-order valence-electron chi connectivity index (χ3n) is 1.81. The van der Waals surface area contributed by atoms with Crippen molar-refractivity contribution in [2.24, 2.45) is 5.73 Å². The van der Waals surface area contributed by atoms with Gasteiger partial charge in [-0.15, -0.1) is 0 Å². The Hall–Kier alpha value is -0.880. The molecule has 0 unspecified atom stereocenters. The van der Waals surface area contributed by atoms with Gasteiger partial charge in [0, 0.05) is 0 Å². The molecule has 0 aliphatic carbocycles. The van der Waals surface area contributed by atoms with Crippen LogP contribution in [0.1, 0.15) is 32.6 Å². The number of hydrogen-bond acceptors (Lipinski definition) is 4. The molecule has 15 heavy (non-hydrogen) atoms. The molecular weight excluding hydrogens is 218 g/mol. The zero-order valence-electron chi connectivity index (χ0n) is 8.86. The Balaban J connectivity index is 3.96. The van der Waals surface area contributed by atoms with Gasteiger partial charge in [0.2, 0.25) is 0 Å². The van der Waals surface area contributed by atoms with Gasteiger partial charge in [-0.2, -0.15) is 8.42 Å². The van der Waals surface area contributed by atoms with E-state index in [4.69, 9.17) is 5.73 Å². The lowest BCUT2D eigenvalue weighted by Gasteiger charge is -2.04. The minimum atomic E-state index is -4.02. The Morgan fingerprint density at radius 1 is 1.33 bits per heavy atom. The van der Waals surface area contributed by atoms with E-state index in [0.717, 1.165) is 19.3 Å². The SMILES string of the molecule is C=C(C(N)=O)S(=O)(=O)OCCCCCC. The van der Waals surface area contributed by atoms with Gasteiger partial charge in [0.1, 0.15) is 0 Å². The van der Waals surface area contributed by atoms with Crippen molar-refractivity contribution in [2.45, 2.75) is 32.6 Å². The molecule has 0 fully saturated rings. The molecule has 0 aromatic carbocycles. The number of rotatable bonds is 8. The number of nitrogens with two attached hydrogens (primary N) is 1. The molecule has 0 saturated heterocycles. The summed E-state index contributed by atoms with van der Waals surface area (Å²) in [6.07, 6.45) is 3.62. The average Bonchev–Trinajstić information content (AvgIpc) is 2.16. The van der Waals surface area contributed by atoms with Gasteiger partial charge in [0.15, 0.2) is 4.91 Å². The van der Waals surface area contributed by atoms with Gasteiger partial charge in [-0.3, -0.25) is 8.98 Å². The van der Waals surface area contributed by atoms with Crippen molar-refractivity contribution in [3.8, 4) is 0 Å². The van der Waals surface area contributed by atoms with Gasteiger partial charge in [0.25, 0.3) is 5.91 Å². The van der Waals surface area contributed by atoms with E-state index in [1.54, 1.807) is 0 Å². The van der Waals surface area contributed by atoms with Crippen molar-refractivity contribution < 1.29 is 17.4 Å². The van der Waals surface area contributed by atoms with Crippen LogP contribution in [0.25, 0.3) is 0 Å². The van der Waals surface area contributed by atoms with Gasteiger partial charge in [0.05, 0.1) is 6.61 Å². The van der Waals surface area contributed by atoms with E-state index in [1.807, 2.05) is 6.92 Å². The average molecular weight is 235 g/mol. The van der Waals surface area contributed by atoms with Crippen molar-refractivity contribution in [1.29, 1.82) is 0 Å².